The van der Waals surface area contributed by atoms with Gasteiger partial charge in [0.05, 0.1) is 11.3 Å². The molecule has 1 aliphatic heterocycles. The summed E-state index contributed by atoms with van der Waals surface area (Å²) in [5.41, 5.74) is 0.995. The molecule has 0 unspecified atom stereocenters. The second-order valence-corrected chi connectivity index (χ2v) is 5.85. The van der Waals surface area contributed by atoms with Gasteiger partial charge in [-0.05, 0) is 31.2 Å². The smallest absolute Gasteiger partial charge is 0.160 e. The first kappa shape index (κ1) is 16.2. The van der Waals surface area contributed by atoms with Crippen molar-refractivity contribution in [3.63, 3.8) is 0 Å². The fourth-order valence-corrected chi connectivity index (χ4v) is 3.25. The van der Waals surface area contributed by atoms with Crippen LogP contribution in [0.2, 0.25) is 5.15 Å². The van der Waals surface area contributed by atoms with Gasteiger partial charge < -0.3 is 4.74 Å². The normalized spacial score (nSPS) is 15.9. The minimum atomic E-state index is -1.01. The maximum atomic E-state index is 14.2. The van der Waals surface area contributed by atoms with Crippen LogP contribution < -0.4 is 0 Å². The summed E-state index contributed by atoms with van der Waals surface area (Å²) < 4.78 is 47.0. The first-order valence-electron chi connectivity index (χ1n) is 7.24. The van der Waals surface area contributed by atoms with E-state index in [9.17, 15) is 13.2 Å². The number of aromatic nitrogens is 2. The molecule has 1 saturated heterocycles. The summed E-state index contributed by atoms with van der Waals surface area (Å²) in [6.45, 7) is 2.83. The van der Waals surface area contributed by atoms with Crippen LogP contribution in [-0.2, 0) is 4.74 Å². The van der Waals surface area contributed by atoms with Crippen molar-refractivity contribution >= 4 is 11.6 Å². The topological polar surface area (TPSA) is 35.0 Å². The lowest BCUT2D eigenvalue weighted by atomic mass is 9.85. The average Bonchev–Trinajstić information content (AvgIpc) is 2.50. The molecule has 0 atom stereocenters. The molecule has 1 aromatic heterocycles. The van der Waals surface area contributed by atoms with Crippen LogP contribution in [0.15, 0.2) is 12.1 Å². The first-order chi connectivity index (χ1) is 11.0. The van der Waals surface area contributed by atoms with Crippen LogP contribution in [0.3, 0.4) is 0 Å². The lowest BCUT2D eigenvalue weighted by molar-refractivity contribution is 0.0852. The molecule has 122 valence electrons. The van der Waals surface area contributed by atoms with Crippen molar-refractivity contribution < 1.29 is 17.9 Å². The van der Waals surface area contributed by atoms with Crippen LogP contribution in [0.4, 0.5) is 13.2 Å². The third kappa shape index (κ3) is 3.05. The third-order valence-electron chi connectivity index (χ3n) is 4.04. The van der Waals surface area contributed by atoms with Crippen LogP contribution in [-0.4, -0.2) is 23.4 Å². The number of halogens is 4. The lowest BCUT2D eigenvalue weighted by Crippen LogP contribution is -2.17. The lowest BCUT2D eigenvalue weighted by Gasteiger charge is -2.26. The minimum Gasteiger partial charge on any atom is -0.381 e. The van der Waals surface area contributed by atoms with E-state index in [2.05, 4.69) is 10.2 Å². The number of hydrogen-bond acceptors (Lipinski definition) is 3. The Balaban J connectivity index is 2.25. The van der Waals surface area contributed by atoms with E-state index < -0.39 is 17.5 Å². The minimum absolute atomic E-state index is 0.00982. The van der Waals surface area contributed by atoms with Gasteiger partial charge in [0, 0.05) is 30.9 Å². The summed E-state index contributed by atoms with van der Waals surface area (Å²) in [5, 5.41) is 7.65. The molecule has 0 amide bonds. The maximum absolute atomic E-state index is 14.2. The van der Waals surface area contributed by atoms with E-state index in [1.807, 2.05) is 0 Å². The van der Waals surface area contributed by atoms with E-state index in [4.69, 9.17) is 16.3 Å². The summed E-state index contributed by atoms with van der Waals surface area (Å²) in [4.78, 5) is 0. The number of aryl methyl sites for hydroxylation is 1. The van der Waals surface area contributed by atoms with Crippen molar-refractivity contribution in [1.82, 2.24) is 10.2 Å². The van der Waals surface area contributed by atoms with Crippen LogP contribution >= 0.6 is 11.6 Å². The van der Waals surface area contributed by atoms with Gasteiger partial charge in [0.15, 0.2) is 5.15 Å². The highest BCUT2D eigenvalue weighted by atomic mass is 35.5. The number of ether oxygens (including phenoxy) is 1. The second kappa shape index (κ2) is 6.45. The van der Waals surface area contributed by atoms with Gasteiger partial charge in [0.1, 0.15) is 17.5 Å². The van der Waals surface area contributed by atoms with Gasteiger partial charge in [-0.25, -0.2) is 13.2 Å². The summed E-state index contributed by atoms with van der Waals surface area (Å²) in [7, 11) is 0. The van der Waals surface area contributed by atoms with Gasteiger partial charge in [-0.1, -0.05) is 11.6 Å². The molecule has 0 saturated carbocycles. The van der Waals surface area contributed by atoms with Crippen molar-refractivity contribution in [3.8, 4) is 11.1 Å². The van der Waals surface area contributed by atoms with Gasteiger partial charge >= 0.3 is 0 Å². The van der Waals surface area contributed by atoms with Gasteiger partial charge in [0.2, 0.25) is 0 Å². The average molecular weight is 343 g/mol. The molecule has 1 fully saturated rings. The zero-order chi connectivity index (χ0) is 16.6. The molecule has 3 rings (SSSR count). The van der Waals surface area contributed by atoms with Crippen molar-refractivity contribution in [2.24, 2.45) is 0 Å². The number of hydrogen-bond donors (Lipinski definition) is 0. The van der Waals surface area contributed by atoms with E-state index >= 15 is 0 Å². The standard InChI is InChI=1S/C16H14ClF3N2O/c1-8-13(9-2-4-23-5-3-9)15(16(17)22-21-8)14-11(19)6-10(18)7-12(14)20/h6-7,9H,2-5H2,1H3. The van der Waals surface area contributed by atoms with E-state index in [1.165, 1.54) is 0 Å². The Morgan fingerprint density at radius 3 is 2.26 bits per heavy atom. The van der Waals surface area contributed by atoms with E-state index in [0.717, 1.165) is 0 Å². The SMILES string of the molecule is Cc1nnc(Cl)c(-c2c(F)cc(F)cc2F)c1C1CCOCC1. The number of nitrogens with zero attached hydrogens (tertiary/aromatic N) is 2. The van der Waals surface area contributed by atoms with Gasteiger partial charge in [-0.15, -0.1) is 5.10 Å². The Kier molecular flexibility index (Phi) is 4.55. The molecule has 2 aromatic rings. The molecule has 2 heterocycles. The molecule has 3 nitrogen and oxygen atoms in total. The Bertz CT molecular complexity index is 725. The molecule has 0 spiro atoms. The Hall–Kier alpha value is -1.66. The zero-order valence-corrected chi connectivity index (χ0v) is 13.1. The van der Waals surface area contributed by atoms with Crippen LogP contribution in [0.5, 0.6) is 0 Å². The van der Waals surface area contributed by atoms with Crippen LogP contribution in [0.25, 0.3) is 11.1 Å². The van der Waals surface area contributed by atoms with Crippen LogP contribution in [0, 0.1) is 24.4 Å². The molecule has 0 aliphatic carbocycles. The molecule has 23 heavy (non-hydrogen) atoms. The molecule has 1 aromatic carbocycles. The Morgan fingerprint density at radius 1 is 1.04 bits per heavy atom. The van der Waals surface area contributed by atoms with E-state index in [-0.39, 0.29) is 22.2 Å². The summed E-state index contributed by atoms with van der Waals surface area (Å²) in [6, 6.07) is 1.27. The largest absolute Gasteiger partial charge is 0.381 e. The summed E-state index contributed by atoms with van der Waals surface area (Å²) in [6.07, 6.45) is 1.39. The highest BCUT2D eigenvalue weighted by Crippen LogP contribution is 2.41. The highest BCUT2D eigenvalue weighted by molar-refractivity contribution is 6.32. The first-order valence-corrected chi connectivity index (χ1v) is 7.62. The van der Waals surface area contributed by atoms with Gasteiger partial charge in [-0.3, -0.25) is 0 Å². The molecule has 1 aliphatic rings. The maximum Gasteiger partial charge on any atom is 0.160 e. The second-order valence-electron chi connectivity index (χ2n) is 5.50. The molecular weight excluding hydrogens is 329 g/mol. The molecule has 0 bridgehead atoms. The quantitative estimate of drug-likeness (QED) is 0.810. The zero-order valence-electron chi connectivity index (χ0n) is 12.4. The fourth-order valence-electron chi connectivity index (χ4n) is 3.02. The molecular formula is C16H14ClF3N2O. The van der Waals surface area contributed by atoms with Gasteiger partial charge in [0.25, 0.3) is 0 Å². The van der Waals surface area contributed by atoms with E-state index in [1.54, 1.807) is 6.92 Å². The summed E-state index contributed by atoms with van der Waals surface area (Å²) in [5.74, 6) is -2.99. The molecule has 0 radical (unpaired) electrons. The number of rotatable bonds is 2. The Labute approximate surface area is 136 Å². The van der Waals surface area contributed by atoms with Crippen LogP contribution in [0.1, 0.15) is 30.0 Å². The predicted molar refractivity (Wildman–Crippen MR) is 79.9 cm³/mol. The molecule has 0 N–H and O–H groups in total. The van der Waals surface area contributed by atoms with Crippen molar-refractivity contribution in [1.29, 1.82) is 0 Å². The Morgan fingerprint density at radius 2 is 1.65 bits per heavy atom. The van der Waals surface area contributed by atoms with Crippen molar-refractivity contribution in [3.05, 3.63) is 46.0 Å². The van der Waals surface area contributed by atoms with E-state index in [0.29, 0.717) is 49.4 Å². The monoisotopic (exact) mass is 342 g/mol. The van der Waals surface area contributed by atoms with Crippen molar-refractivity contribution in [2.45, 2.75) is 25.7 Å². The highest BCUT2D eigenvalue weighted by Gasteiger charge is 2.28. The molecule has 7 heteroatoms. The number of benzene rings is 1. The summed E-state index contributed by atoms with van der Waals surface area (Å²) >= 11 is 6.11. The third-order valence-corrected chi connectivity index (χ3v) is 4.30. The fraction of sp³-hybridized carbons (Fsp3) is 0.375. The van der Waals surface area contributed by atoms with Gasteiger partial charge in [-0.2, -0.15) is 5.10 Å². The van der Waals surface area contributed by atoms with Crippen molar-refractivity contribution in [2.75, 3.05) is 13.2 Å². The predicted octanol–water partition coefficient (Wildman–Crippen LogP) is 4.42.